The van der Waals surface area contributed by atoms with Gasteiger partial charge in [-0.1, -0.05) is 11.6 Å². The molecule has 1 unspecified atom stereocenters. The minimum atomic E-state index is -0.915. The average Bonchev–Trinajstić information content (AvgIpc) is 2.50. The number of nitrogens with zero attached hydrogens (tertiary/aromatic N) is 1. The minimum absolute atomic E-state index is 0.344. The van der Waals surface area contributed by atoms with Crippen LogP contribution in [0, 0.1) is 0 Å². The molecule has 21 heavy (non-hydrogen) atoms. The Morgan fingerprint density at radius 3 is 2.38 bits per heavy atom. The summed E-state index contributed by atoms with van der Waals surface area (Å²) in [5.74, 6) is -0.990. The summed E-state index contributed by atoms with van der Waals surface area (Å²) in [7, 11) is 0. The number of aromatic nitrogens is 1. The van der Waals surface area contributed by atoms with Crippen molar-refractivity contribution in [2.45, 2.75) is 13.0 Å². The lowest BCUT2D eigenvalue weighted by Gasteiger charge is -2.13. The number of halogens is 1. The fraction of sp³-hybridized carbons (Fsp3) is 0.133. The predicted molar refractivity (Wildman–Crippen MR) is 79.2 cm³/mol. The molecule has 5 nitrogen and oxygen atoms in total. The first-order chi connectivity index (χ1) is 10.1. The van der Waals surface area contributed by atoms with Gasteiger partial charge < -0.3 is 10.1 Å². The molecule has 1 aromatic carbocycles. The fourth-order valence-electron chi connectivity index (χ4n) is 1.55. The number of nitrogens with one attached hydrogen (secondary N) is 1. The van der Waals surface area contributed by atoms with Gasteiger partial charge >= 0.3 is 5.97 Å². The second-order valence-corrected chi connectivity index (χ2v) is 4.72. The lowest BCUT2D eigenvalue weighted by Crippen LogP contribution is -2.29. The number of carbonyl (C=O) groups is 2. The molecule has 0 saturated carbocycles. The highest BCUT2D eigenvalue weighted by atomic mass is 35.5. The molecule has 0 aliphatic heterocycles. The van der Waals surface area contributed by atoms with E-state index in [2.05, 4.69) is 10.3 Å². The number of anilines is 1. The molecule has 2 aromatic rings. The summed E-state index contributed by atoms with van der Waals surface area (Å²) in [6.07, 6.45) is 2.05. The molecule has 1 amide bonds. The van der Waals surface area contributed by atoms with Gasteiger partial charge in [0.1, 0.15) is 0 Å². The molecule has 1 aromatic heterocycles. The van der Waals surface area contributed by atoms with E-state index in [1.807, 2.05) is 0 Å². The van der Waals surface area contributed by atoms with Crippen LogP contribution in [0.3, 0.4) is 0 Å². The number of ether oxygens (including phenoxy) is 1. The first kappa shape index (κ1) is 15.0. The molecule has 1 N–H and O–H groups in total. The average molecular weight is 305 g/mol. The molecule has 1 atom stereocenters. The molecule has 0 aliphatic rings. The van der Waals surface area contributed by atoms with Crippen LogP contribution < -0.4 is 5.32 Å². The molecular weight excluding hydrogens is 292 g/mol. The number of hydrogen-bond donors (Lipinski definition) is 1. The highest BCUT2D eigenvalue weighted by Crippen LogP contribution is 2.14. The number of esters is 1. The van der Waals surface area contributed by atoms with Crippen molar-refractivity contribution in [2.75, 3.05) is 5.32 Å². The zero-order chi connectivity index (χ0) is 15.2. The Balaban J connectivity index is 1.93. The van der Waals surface area contributed by atoms with Gasteiger partial charge in [-0.15, -0.1) is 0 Å². The van der Waals surface area contributed by atoms with Gasteiger partial charge in [0.05, 0.1) is 5.56 Å². The van der Waals surface area contributed by atoms with Gasteiger partial charge in [0.15, 0.2) is 6.10 Å². The lowest BCUT2D eigenvalue weighted by molar-refractivity contribution is -0.123. The summed E-state index contributed by atoms with van der Waals surface area (Å²) in [5.41, 5.74) is 0.923. The lowest BCUT2D eigenvalue weighted by atomic mass is 10.2. The molecular formula is C15H13ClN2O3. The maximum absolute atomic E-state index is 11.9. The molecule has 0 saturated heterocycles. The number of benzene rings is 1. The van der Waals surface area contributed by atoms with E-state index in [9.17, 15) is 9.59 Å². The van der Waals surface area contributed by atoms with Gasteiger partial charge in [0.25, 0.3) is 5.91 Å². The fourth-order valence-corrected chi connectivity index (χ4v) is 1.67. The summed E-state index contributed by atoms with van der Waals surface area (Å²) in [4.78, 5) is 27.5. The SMILES string of the molecule is CC(OC(=O)c1ccncc1)C(=O)Nc1ccc(Cl)cc1. The van der Waals surface area contributed by atoms with Crippen molar-refractivity contribution < 1.29 is 14.3 Å². The number of rotatable bonds is 4. The zero-order valence-electron chi connectivity index (χ0n) is 11.2. The summed E-state index contributed by atoms with van der Waals surface area (Å²) in [6.45, 7) is 1.50. The monoisotopic (exact) mass is 304 g/mol. The van der Waals surface area contributed by atoms with E-state index in [4.69, 9.17) is 16.3 Å². The minimum Gasteiger partial charge on any atom is -0.449 e. The second kappa shape index (κ2) is 6.85. The number of hydrogen-bond acceptors (Lipinski definition) is 4. The highest BCUT2D eigenvalue weighted by molar-refractivity contribution is 6.30. The second-order valence-electron chi connectivity index (χ2n) is 4.28. The largest absolute Gasteiger partial charge is 0.449 e. The van der Waals surface area contributed by atoms with Crippen molar-refractivity contribution in [2.24, 2.45) is 0 Å². The maximum Gasteiger partial charge on any atom is 0.339 e. The number of amides is 1. The van der Waals surface area contributed by atoms with Crippen LogP contribution >= 0.6 is 11.6 Å². The molecule has 0 radical (unpaired) electrons. The third-order valence-corrected chi connectivity index (χ3v) is 2.93. The van der Waals surface area contributed by atoms with Crippen molar-refractivity contribution >= 4 is 29.2 Å². The van der Waals surface area contributed by atoms with Crippen molar-refractivity contribution in [3.63, 3.8) is 0 Å². The molecule has 0 fully saturated rings. The van der Waals surface area contributed by atoms with Crippen molar-refractivity contribution in [1.82, 2.24) is 4.98 Å². The van der Waals surface area contributed by atoms with Gasteiger partial charge in [-0.2, -0.15) is 0 Å². The van der Waals surface area contributed by atoms with E-state index in [-0.39, 0.29) is 0 Å². The van der Waals surface area contributed by atoms with E-state index in [1.165, 1.54) is 31.5 Å². The van der Waals surface area contributed by atoms with Crippen LogP contribution in [0.2, 0.25) is 5.02 Å². The van der Waals surface area contributed by atoms with Crippen LogP contribution in [0.4, 0.5) is 5.69 Å². The topological polar surface area (TPSA) is 68.3 Å². The molecule has 0 bridgehead atoms. The Hall–Kier alpha value is -2.40. The molecule has 0 spiro atoms. The Bertz CT molecular complexity index is 629. The van der Waals surface area contributed by atoms with Gasteiger partial charge in [-0.3, -0.25) is 9.78 Å². The summed E-state index contributed by atoms with van der Waals surface area (Å²) < 4.78 is 5.09. The predicted octanol–water partition coefficient (Wildman–Crippen LogP) is 2.92. The Morgan fingerprint density at radius 1 is 1.14 bits per heavy atom. The van der Waals surface area contributed by atoms with Crippen LogP contribution in [-0.4, -0.2) is 23.0 Å². The van der Waals surface area contributed by atoms with Crippen LogP contribution in [-0.2, 0) is 9.53 Å². The highest BCUT2D eigenvalue weighted by Gasteiger charge is 2.18. The van der Waals surface area contributed by atoms with Crippen molar-refractivity contribution in [1.29, 1.82) is 0 Å². The zero-order valence-corrected chi connectivity index (χ0v) is 12.0. The quantitative estimate of drug-likeness (QED) is 0.882. The molecule has 2 rings (SSSR count). The van der Waals surface area contributed by atoms with Crippen LogP contribution in [0.15, 0.2) is 48.8 Å². The third kappa shape index (κ3) is 4.29. The van der Waals surface area contributed by atoms with Crippen LogP contribution in [0.25, 0.3) is 0 Å². The first-order valence-corrected chi connectivity index (χ1v) is 6.61. The Labute approximate surface area is 126 Å². The van der Waals surface area contributed by atoms with Crippen molar-refractivity contribution in [3.8, 4) is 0 Å². The Kier molecular flexibility index (Phi) is 4.90. The molecule has 0 aliphatic carbocycles. The van der Waals surface area contributed by atoms with Gasteiger partial charge in [-0.25, -0.2) is 4.79 Å². The maximum atomic E-state index is 11.9. The van der Waals surface area contributed by atoms with E-state index >= 15 is 0 Å². The summed E-state index contributed by atoms with van der Waals surface area (Å²) in [5, 5.41) is 3.21. The van der Waals surface area contributed by atoms with Gasteiger partial charge in [0, 0.05) is 23.1 Å². The normalized spacial score (nSPS) is 11.5. The van der Waals surface area contributed by atoms with E-state index in [1.54, 1.807) is 24.3 Å². The van der Waals surface area contributed by atoms with Gasteiger partial charge in [0.2, 0.25) is 0 Å². The smallest absolute Gasteiger partial charge is 0.339 e. The van der Waals surface area contributed by atoms with E-state index in [0.717, 1.165) is 0 Å². The number of carbonyl (C=O) groups excluding carboxylic acids is 2. The molecule has 108 valence electrons. The molecule has 1 heterocycles. The standard InChI is InChI=1S/C15H13ClN2O3/c1-10(21-15(20)11-6-8-17-9-7-11)14(19)18-13-4-2-12(16)3-5-13/h2-10H,1H3,(H,18,19). The third-order valence-electron chi connectivity index (χ3n) is 2.68. The Morgan fingerprint density at radius 2 is 1.76 bits per heavy atom. The number of pyridine rings is 1. The van der Waals surface area contributed by atoms with Crippen molar-refractivity contribution in [3.05, 3.63) is 59.4 Å². The van der Waals surface area contributed by atoms with E-state index in [0.29, 0.717) is 16.3 Å². The summed E-state index contributed by atoms with van der Waals surface area (Å²) in [6, 6.07) is 9.68. The van der Waals surface area contributed by atoms with Crippen LogP contribution in [0.5, 0.6) is 0 Å². The van der Waals surface area contributed by atoms with E-state index < -0.39 is 18.0 Å². The van der Waals surface area contributed by atoms with Gasteiger partial charge in [-0.05, 0) is 43.3 Å². The summed E-state index contributed by atoms with van der Waals surface area (Å²) >= 11 is 5.76. The van der Waals surface area contributed by atoms with Crippen LogP contribution in [0.1, 0.15) is 17.3 Å². The first-order valence-electron chi connectivity index (χ1n) is 6.23. The molecule has 6 heteroatoms.